The number of anilines is 1. The first-order valence-corrected chi connectivity index (χ1v) is 11.1. The number of non-ortho nitro benzene ring substituents is 1. The first-order valence-electron chi connectivity index (χ1n) is 10.4. The Bertz CT molecular complexity index is 1530. The maximum atomic E-state index is 14.3. The molecule has 0 saturated carbocycles. The van der Waals surface area contributed by atoms with E-state index in [0.717, 1.165) is 0 Å². The van der Waals surface area contributed by atoms with E-state index in [1.165, 1.54) is 49.4 Å². The highest BCUT2D eigenvalue weighted by molar-refractivity contribution is 6.36. The number of benzene rings is 3. The first-order chi connectivity index (χ1) is 17.9. The Morgan fingerprint density at radius 3 is 2.16 bits per heavy atom. The number of ether oxygens (including phenoxy) is 1. The second-order valence-corrected chi connectivity index (χ2v) is 8.64. The molecule has 38 heavy (non-hydrogen) atoms. The molecule has 0 spiro atoms. The fourth-order valence-corrected chi connectivity index (χ4v) is 4.04. The molecule has 4 rings (SSSR count). The summed E-state index contributed by atoms with van der Waals surface area (Å²) in [7, 11) is 0. The van der Waals surface area contributed by atoms with Gasteiger partial charge in [0.2, 0.25) is 5.82 Å². The third-order valence-corrected chi connectivity index (χ3v) is 5.83. The molecule has 196 valence electrons. The minimum absolute atomic E-state index is 0.0166. The molecule has 14 heteroatoms. The third-order valence-electron chi connectivity index (χ3n) is 5.33. The number of nitrogens with zero attached hydrogens (tertiary/aromatic N) is 3. The van der Waals surface area contributed by atoms with Gasteiger partial charge in [-0.1, -0.05) is 23.2 Å². The molecule has 7 nitrogen and oxygen atoms in total. The number of nitro groups is 1. The SMILES string of the molecule is CC1=NN(c2c(F)c(F)c(F)c(F)c2F)C(=O)/C1=C\c1cc(Cl)cc(Cl)c1OCc1ccc([N+](=O)[O-])cc1. The molecular formula is C24H12Cl2F5N3O4. The molecule has 0 bridgehead atoms. The molecule has 1 heterocycles. The van der Waals surface area contributed by atoms with E-state index in [1.54, 1.807) is 0 Å². The van der Waals surface area contributed by atoms with E-state index in [0.29, 0.717) is 5.56 Å². The fraction of sp³-hybridized carbons (Fsp3) is 0.0833. The lowest BCUT2D eigenvalue weighted by molar-refractivity contribution is -0.384. The van der Waals surface area contributed by atoms with Crippen LogP contribution in [0.15, 0.2) is 47.1 Å². The molecule has 3 aromatic rings. The van der Waals surface area contributed by atoms with E-state index in [-0.39, 0.29) is 49.9 Å². The number of rotatable bonds is 6. The van der Waals surface area contributed by atoms with Crippen LogP contribution in [0.25, 0.3) is 6.08 Å². The van der Waals surface area contributed by atoms with Gasteiger partial charge in [0.05, 0.1) is 21.2 Å². The van der Waals surface area contributed by atoms with E-state index in [2.05, 4.69) is 5.10 Å². The number of nitro benzene ring substituents is 1. The molecular weight excluding hydrogens is 560 g/mol. The average molecular weight is 572 g/mol. The molecule has 0 atom stereocenters. The molecule has 1 aliphatic rings. The van der Waals surface area contributed by atoms with Gasteiger partial charge in [-0.3, -0.25) is 14.9 Å². The monoisotopic (exact) mass is 571 g/mol. The van der Waals surface area contributed by atoms with Gasteiger partial charge >= 0.3 is 0 Å². The summed E-state index contributed by atoms with van der Waals surface area (Å²) < 4.78 is 75.2. The summed E-state index contributed by atoms with van der Waals surface area (Å²) in [6.07, 6.45) is 1.18. The van der Waals surface area contributed by atoms with Crippen LogP contribution in [-0.2, 0) is 11.4 Å². The predicted octanol–water partition coefficient (Wildman–Crippen LogP) is 6.98. The van der Waals surface area contributed by atoms with Gasteiger partial charge in [-0.05, 0) is 42.8 Å². The highest BCUT2D eigenvalue weighted by atomic mass is 35.5. The summed E-state index contributed by atoms with van der Waals surface area (Å²) in [6, 6.07) is 8.16. The number of hydrazone groups is 1. The van der Waals surface area contributed by atoms with E-state index in [4.69, 9.17) is 27.9 Å². The lowest BCUT2D eigenvalue weighted by Crippen LogP contribution is -2.25. The lowest BCUT2D eigenvalue weighted by atomic mass is 10.1. The van der Waals surface area contributed by atoms with Crippen molar-refractivity contribution in [3.05, 3.63) is 102 Å². The van der Waals surface area contributed by atoms with Crippen LogP contribution in [0.5, 0.6) is 5.75 Å². The molecule has 0 unspecified atom stereocenters. The van der Waals surface area contributed by atoms with Gasteiger partial charge in [-0.25, -0.2) is 22.0 Å². The van der Waals surface area contributed by atoms with Gasteiger partial charge in [-0.15, -0.1) is 0 Å². The zero-order valence-corrected chi connectivity index (χ0v) is 20.4. The lowest BCUT2D eigenvalue weighted by Gasteiger charge is -2.15. The van der Waals surface area contributed by atoms with Crippen molar-refractivity contribution in [1.29, 1.82) is 0 Å². The smallest absolute Gasteiger partial charge is 0.280 e. The zero-order chi connectivity index (χ0) is 27.9. The van der Waals surface area contributed by atoms with Crippen LogP contribution in [0.3, 0.4) is 0 Å². The maximum Gasteiger partial charge on any atom is 0.280 e. The van der Waals surface area contributed by atoms with Crippen LogP contribution >= 0.6 is 23.2 Å². The van der Waals surface area contributed by atoms with Gasteiger partial charge in [0.15, 0.2) is 23.3 Å². The summed E-state index contributed by atoms with van der Waals surface area (Å²) in [5.74, 6) is -12.5. The van der Waals surface area contributed by atoms with Crippen LogP contribution in [0, 0.1) is 39.2 Å². The molecule has 0 radical (unpaired) electrons. The Balaban J connectivity index is 1.70. The highest BCUT2D eigenvalue weighted by Gasteiger charge is 2.37. The van der Waals surface area contributed by atoms with Crippen LogP contribution in [0.1, 0.15) is 18.1 Å². The molecule has 0 fully saturated rings. The summed E-state index contributed by atoms with van der Waals surface area (Å²) in [4.78, 5) is 23.3. The summed E-state index contributed by atoms with van der Waals surface area (Å²) in [5.41, 5.74) is -1.39. The predicted molar refractivity (Wildman–Crippen MR) is 129 cm³/mol. The Morgan fingerprint density at radius 1 is 1.00 bits per heavy atom. The standard InChI is InChI=1S/C24H12Cl2F5N3O4/c1-10-15(24(35)33(32-10)22-20(30)18(28)17(27)19(29)21(22)31)7-12-6-13(25)8-16(26)23(12)38-9-11-2-4-14(5-3-11)34(36)37/h2-8H,9H2,1H3/b15-7-. The summed E-state index contributed by atoms with van der Waals surface area (Å²) in [5, 5.41) is 14.7. The number of hydrogen-bond donors (Lipinski definition) is 0. The van der Waals surface area contributed by atoms with Crippen molar-refractivity contribution >= 4 is 52.3 Å². The highest BCUT2D eigenvalue weighted by Crippen LogP contribution is 2.37. The molecule has 3 aromatic carbocycles. The second kappa shape index (κ2) is 10.4. The normalized spacial score (nSPS) is 14.3. The van der Waals surface area contributed by atoms with Crippen LogP contribution in [-0.4, -0.2) is 16.5 Å². The Morgan fingerprint density at radius 2 is 1.58 bits per heavy atom. The Hall–Kier alpha value is -4.03. The van der Waals surface area contributed by atoms with Crippen molar-refractivity contribution in [2.24, 2.45) is 5.10 Å². The minimum atomic E-state index is -2.38. The number of amides is 1. The van der Waals surface area contributed by atoms with Crippen LogP contribution < -0.4 is 9.75 Å². The second-order valence-electron chi connectivity index (χ2n) is 7.80. The molecule has 0 saturated heterocycles. The fourth-order valence-electron chi connectivity index (χ4n) is 3.48. The van der Waals surface area contributed by atoms with Crippen LogP contribution in [0.4, 0.5) is 33.3 Å². The van der Waals surface area contributed by atoms with Crippen LogP contribution in [0.2, 0.25) is 10.0 Å². The van der Waals surface area contributed by atoms with E-state index in [9.17, 15) is 36.9 Å². The van der Waals surface area contributed by atoms with Crippen molar-refractivity contribution in [1.82, 2.24) is 0 Å². The summed E-state index contributed by atoms with van der Waals surface area (Å²) in [6.45, 7) is 1.17. The van der Waals surface area contributed by atoms with Gasteiger partial charge in [0, 0.05) is 22.7 Å². The number of hydrogen-bond acceptors (Lipinski definition) is 5. The van der Waals surface area contributed by atoms with E-state index >= 15 is 0 Å². The average Bonchev–Trinajstić information content (AvgIpc) is 3.14. The van der Waals surface area contributed by atoms with Gasteiger partial charge in [0.25, 0.3) is 11.6 Å². The van der Waals surface area contributed by atoms with Crippen molar-refractivity contribution < 1.29 is 36.4 Å². The van der Waals surface area contributed by atoms with Crippen molar-refractivity contribution in [3.63, 3.8) is 0 Å². The van der Waals surface area contributed by atoms with E-state index < -0.39 is 45.6 Å². The Kier molecular flexibility index (Phi) is 7.38. The molecule has 1 aliphatic heterocycles. The van der Waals surface area contributed by atoms with Crippen molar-refractivity contribution in [2.75, 3.05) is 5.01 Å². The quantitative estimate of drug-likeness (QED) is 0.0797. The number of carbonyl (C=O) groups is 1. The van der Waals surface area contributed by atoms with Crippen molar-refractivity contribution in [2.45, 2.75) is 13.5 Å². The van der Waals surface area contributed by atoms with E-state index in [1.807, 2.05) is 0 Å². The number of carbonyl (C=O) groups excluding carboxylic acids is 1. The summed E-state index contributed by atoms with van der Waals surface area (Å²) >= 11 is 12.4. The number of halogens is 7. The molecule has 0 aliphatic carbocycles. The minimum Gasteiger partial charge on any atom is -0.487 e. The molecule has 0 N–H and O–H groups in total. The largest absolute Gasteiger partial charge is 0.487 e. The van der Waals surface area contributed by atoms with Gasteiger partial charge in [-0.2, -0.15) is 10.1 Å². The first kappa shape index (κ1) is 27.0. The Labute approximate surface area is 220 Å². The van der Waals surface area contributed by atoms with Gasteiger partial charge < -0.3 is 4.74 Å². The third kappa shape index (κ3) is 4.92. The zero-order valence-electron chi connectivity index (χ0n) is 18.9. The molecule has 0 aromatic heterocycles. The topological polar surface area (TPSA) is 85.0 Å². The van der Waals surface area contributed by atoms with Gasteiger partial charge in [0.1, 0.15) is 18.0 Å². The maximum absolute atomic E-state index is 14.3. The van der Waals surface area contributed by atoms with Crippen molar-refractivity contribution in [3.8, 4) is 5.75 Å². The molecule has 1 amide bonds.